The van der Waals surface area contributed by atoms with Gasteiger partial charge in [0.1, 0.15) is 11.9 Å². The summed E-state index contributed by atoms with van der Waals surface area (Å²) < 4.78 is 10.6. The highest BCUT2D eigenvalue weighted by Crippen LogP contribution is 2.32. The lowest BCUT2D eigenvalue weighted by Gasteiger charge is -2.02. The van der Waals surface area contributed by atoms with Crippen LogP contribution in [-0.2, 0) is 6.42 Å². The molecule has 18 heavy (non-hydrogen) atoms. The average molecular weight is 245 g/mol. The number of hydrogen-bond donors (Lipinski definition) is 1. The molecule has 5 nitrogen and oxygen atoms in total. The second-order valence-electron chi connectivity index (χ2n) is 4.34. The van der Waals surface area contributed by atoms with E-state index in [4.69, 9.17) is 14.4 Å². The van der Waals surface area contributed by atoms with Crippen molar-refractivity contribution >= 4 is 5.97 Å². The van der Waals surface area contributed by atoms with Gasteiger partial charge in [0.2, 0.25) is 0 Å². The molecule has 1 aromatic carbocycles. The molecule has 0 unspecified atom stereocenters. The molecular formula is C13H11NO4. The van der Waals surface area contributed by atoms with E-state index in [9.17, 15) is 4.79 Å². The van der Waals surface area contributed by atoms with E-state index in [1.54, 1.807) is 0 Å². The lowest BCUT2D eigenvalue weighted by atomic mass is 10.1. The lowest BCUT2D eigenvalue weighted by Crippen LogP contribution is -2.05. The minimum absolute atomic E-state index is 0.0879. The number of benzene rings is 1. The maximum absolute atomic E-state index is 10.7. The van der Waals surface area contributed by atoms with Crippen LogP contribution in [0.3, 0.4) is 0 Å². The highest BCUT2D eigenvalue weighted by atomic mass is 16.5. The fourth-order valence-electron chi connectivity index (χ4n) is 2.09. The standard InChI is InChI=1S/C13H11NO4/c1-7-4-9-5-8(2-3-11(9)17-7)12-6-10(13(15)16)14-18-12/h2-3,5-7H,4H2,1H3,(H,15,16)/t7-/m0/s1. The zero-order chi connectivity index (χ0) is 12.7. The number of carboxylic acid groups (broad SMARTS) is 1. The topological polar surface area (TPSA) is 72.6 Å². The predicted molar refractivity (Wildman–Crippen MR) is 62.7 cm³/mol. The Bertz CT molecular complexity index is 617. The Labute approximate surface area is 103 Å². The fourth-order valence-corrected chi connectivity index (χ4v) is 2.09. The Morgan fingerprint density at radius 1 is 1.44 bits per heavy atom. The first-order valence-corrected chi connectivity index (χ1v) is 5.63. The van der Waals surface area contributed by atoms with Crippen LogP contribution < -0.4 is 4.74 Å². The molecule has 1 aliphatic heterocycles. The molecule has 1 aliphatic rings. The number of fused-ring (bicyclic) bond motifs is 1. The summed E-state index contributed by atoms with van der Waals surface area (Å²) in [5, 5.41) is 12.3. The van der Waals surface area contributed by atoms with Crippen molar-refractivity contribution in [2.24, 2.45) is 0 Å². The zero-order valence-electron chi connectivity index (χ0n) is 9.71. The van der Waals surface area contributed by atoms with Gasteiger partial charge in [-0.25, -0.2) is 4.79 Å². The average Bonchev–Trinajstić information content (AvgIpc) is 2.91. The number of nitrogens with zero attached hydrogens (tertiary/aromatic N) is 1. The first kappa shape index (κ1) is 10.8. The quantitative estimate of drug-likeness (QED) is 0.879. The van der Waals surface area contributed by atoms with E-state index in [-0.39, 0.29) is 11.8 Å². The summed E-state index contributed by atoms with van der Waals surface area (Å²) in [6, 6.07) is 7.08. The van der Waals surface area contributed by atoms with Crippen molar-refractivity contribution < 1.29 is 19.2 Å². The van der Waals surface area contributed by atoms with Crippen molar-refractivity contribution in [2.75, 3.05) is 0 Å². The van der Waals surface area contributed by atoms with Gasteiger partial charge in [-0.05, 0) is 30.7 Å². The van der Waals surface area contributed by atoms with Crippen LogP contribution >= 0.6 is 0 Å². The van der Waals surface area contributed by atoms with Crippen LogP contribution in [0, 0.1) is 0 Å². The van der Waals surface area contributed by atoms with E-state index < -0.39 is 5.97 Å². The Balaban J connectivity index is 1.97. The molecule has 1 aromatic heterocycles. The number of rotatable bonds is 2. The molecule has 3 rings (SSSR count). The lowest BCUT2D eigenvalue weighted by molar-refractivity contribution is 0.0686. The third-order valence-electron chi connectivity index (χ3n) is 2.91. The molecule has 5 heteroatoms. The number of aromatic carboxylic acids is 1. The molecule has 0 aliphatic carbocycles. The molecule has 2 aromatic rings. The minimum Gasteiger partial charge on any atom is -0.490 e. The molecule has 0 spiro atoms. The first-order valence-electron chi connectivity index (χ1n) is 5.63. The number of aromatic nitrogens is 1. The van der Waals surface area contributed by atoms with E-state index in [1.165, 1.54) is 6.07 Å². The van der Waals surface area contributed by atoms with E-state index in [0.717, 1.165) is 23.3 Å². The molecule has 1 atom stereocenters. The van der Waals surface area contributed by atoms with Crippen LogP contribution in [0.1, 0.15) is 23.0 Å². The van der Waals surface area contributed by atoms with Crippen LogP contribution in [0.5, 0.6) is 5.75 Å². The van der Waals surface area contributed by atoms with Gasteiger partial charge >= 0.3 is 5.97 Å². The van der Waals surface area contributed by atoms with Gasteiger partial charge in [0, 0.05) is 18.1 Å². The normalized spacial score (nSPS) is 17.3. The summed E-state index contributed by atoms with van der Waals surface area (Å²) in [6.45, 7) is 2.01. The minimum atomic E-state index is -1.09. The fraction of sp³-hybridized carbons (Fsp3) is 0.231. The van der Waals surface area contributed by atoms with E-state index in [1.807, 2.05) is 25.1 Å². The van der Waals surface area contributed by atoms with Crippen LogP contribution in [0.2, 0.25) is 0 Å². The second kappa shape index (κ2) is 3.87. The van der Waals surface area contributed by atoms with Gasteiger partial charge in [-0.1, -0.05) is 5.16 Å². The smallest absolute Gasteiger partial charge is 0.358 e. The van der Waals surface area contributed by atoms with E-state index in [0.29, 0.717) is 5.76 Å². The number of ether oxygens (including phenoxy) is 1. The molecule has 0 radical (unpaired) electrons. The summed E-state index contributed by atoms with van der Waals surface area (Å²) in [7, 11) is 0. The van der Waals surface area contributed by atoms with E-state index in [2.05, 4.69) is 5.16 Å². The largest absolute Gasteiger partial charge is 0.490 e. The second-order valence-corrected chi connectivity index (χ2v) is 4.34. The summed E-state index contributed by atoms with van der Waals surface area (Å²) in [5.41, 5.74) is 1.83. The Kier molecular flexibility index (Phi) is 2.33. The van der Waals surface area contributed by atoms with Crippen molar-refractivity contribution in [3.05, 3.63) is 35.5 Å². The van der Waals surface area contributed by atoms with Crippen molar-refractivity contribution in [3.63, 3.8) is 0 Å². The van der Waals surface area contributed by atoms with Gasteiger partial charge in [0.25, 0.3) is 0 Å². The summed E-state index contributed by atoms with van der Waals surface area (Å²) in [4.78, 5) is 10.7. The summed E-state index contributed by atoms with van der Waals surface area (Å²) >= 11 is 0. The van der Waals surface area contributed by atoms with Gasteiger partial charge in [-0.15, -0.1) is 0 Å². The number of carboxylic acids is 1. The van der Waals surface area contributed by atoms with Crippen molar-refractivity contribution in [1.29, 1.82) is 0 Å². The van der Waals surface area contributed by atoms with Crippen LogP contribution in [0.25, 0.3) is 11.3 Å². The van der Waals surface area contributed by atoms with Crippen molar-refractivity contribution in [1.82, 2.24) is 5.16 Å². The number of carbonyl (C=O) groups is 1. The van der Waals surface area contributed by atoms with Crippen molar-refractivity contribution in [3.8, 4) is 17.1 Å². The van der Waals surface area contributed by atoms with Crippen molar-refractivity contribution in [2.45, 2.75) is 19.4 Å². The first-order chi connectivity index (χ1) is 8.63. The predicted octanol–water partition coefficient (Wildman–Crippen LogP) is 2.36. The highest BCUT2D eigenvalue weighted by Gasteiger charge is 2.20. The SMILES string of the molecule is C[C@H]1Cc2cc(-c3cc(C(=O)O)no3)ccc2O1. The van der Waals surface area contributed by atoms with Crippen LogP contribution in [0.4, 0.5) is 0 Å². The van der Waals surface area contributed by atoms with E-state index >= 15 is 0 Å². The monoisotopic (exact) mass is 245 g/mol. The molecule has 0 saturated heterocycles. The Hall–Kier alpha value is -2.30. The third-order valence-corrected chi connectivity index (χ3v) is 2.91. The van der Waals surface area contributed by atoms with Crippen LogP contribution in [0.15, 0.2) is 28.8 Å². The summed E-state index contributed by atoms with van der Waals surface area (Å²) in [5.74, 6) is 0.238. The molecule has 1 N–H and O–H groups in total. The molecule has 0 saturated carbocycles. The molecule has 0 bridgehead atoms. The van der Waals surface area contributed by atoms with Gasteiger partial charge < -0.3 is 14.4 Å². The maximum atomic E-state index is 10.7. The van der Waals surface area contributed by atoms with Gasteiger partial charge in [-0.3, -0.25) is 0 Å². The maximum Gasteiger partial charge on any atom is 0.358 e. The Morgan fingerprint density at radius 3 is 3.00 bits per heavy atom. The zero-order valence-corrected chi connectivity index (χ0v) is 9.71. The summed E-state index contributed by atoms with van der Waals surface area (Å²) in [6.07, 6.45) is 1.03. The molecule has 0 fully saturated rings. The number of hydrogen-bond acceptors (Lipinski definition) is 4. The third kappa shape index (κ3) is 1.73. The van der Waals surface area contributed by atoms with Gasteiger partial charge in [-0.2, -0.15) is 0 Å². The Morgan fingerprint density at radius 2 is 2.28 bits per heavy atom. The molecular weight excluding hydrogens is 234 g/mol. The van der Waals surface area contributed by atoms with Gasteiger partial charge in [0.15, 0.2) is 11.5 Å². The van der Waals surface area contributed by atoms with Crippen LogP contribution in [-0.4, -0.2) is 22.3 Å². The molecule has 2 heterocycles. The van der Waals surface area contributed by atoms with Gasteiger partial charge in [0.05, 0.1) is 0 Å². The highest BCUT2D eigenvalue weighted by molar-refractivity contribution is 5.86. The molecule has 0 amide bonds. The molecule has 92 valence electrons.